The molecule has 16 heavy (non-hydrogen) atoms. The molecule has 0 amide bonds. The first kappa shape index (κ1) is 11.5. The summed E-state index contributed by atoms with van der Waals surface area (Å²) in [7, 11) is 1.93. The van der Waals surface area contributed by atoms with Gasteiger partial charge in [0.1, 0.15) is 0 Å². The van der Waals surface area contributed by atoms with Gasteiger partial charge in [0, 0.05) is 13.2 Å². The molecule has 1 N–H and O–H groups in total. The van der Waals surface area contributed by atoms with Crippen LogP contribution in [0.25, 0.3) is 0 Å². The highest BCUT2D eigenvalue weighted by molar-refractivity contribution is 5.09. The molecule has 1 fully saturated rings. The van der Waals surface area contributed by atoms with Crippen LogP contribution in [0.2, 0.25) is 0 Å². The highest BCUT2D eigenvalue weighted by Crippen LogP contribution is 2.15. The average Bonchev–Trinajstić information content (AvgIpc) is 2.90. The maximum absolute atomic E-state index is 5.62. The lowest BCUT2D eigenvalue weighted by Gasteiger charge is -2.11. The lowest BCUT2D eigenvalue weighted by atomic mass is 10.2. The highest BCUT2D eigenvalue weighted by atomic mass is 16.5. The van der Waals surface area contributed by atoms with Crippen molar-refractivity contribution < 1.29 is 4.74 Å². The monoisotopic (exact) mass is 224 g/mol. The third-order valence-electron chi connectivity index (χ3n) is 3.00. The molecule has 1 atom stereocenters. The van der Waals surface area contributed by atoms with E-state index >= 15 is 0 Å². The van der Waals surface area contributed by atoms with Crippen LogP contribution in [-0.2, 0) is 24.2 Å². The number of hydrogen-bond acceptors (Lipinski definition) is 4. The summed E-state index contributed by atoms with van der Waals surface area (Å²) in [5.74, 6) is 0. The molecule has 1 aliphatic heterocycles. The Morgan fingerprint density at radius 2 is 2.44 bits per heavy atom. The van der Waals surface area contributed by atoms with Crippen molar-refractivity contribution in [2.45, 2.75) is 45.4 Å². The number of aromatic nitrogens is 3. The van der Waals surface area contributed by atoms with Gasteiger partial charge in [0.15, 0.2) is 0 Å². The Hall–Kier alpha value is -0.940. The van der Waals surface area contributed by atoms with E-state index in [1.54, 1.807) is 0 Å². The minimum absolute atomic E-state index is 0.328. The number of hydrogen-bond donors (Lipinski definition) is 1. The van der Waals surface area contributed by atoms with Crippen molar-refractivity contribution in [1.29, 1.82) is 0 Å². The Bertz CT molecular complexity index is 331. The second kappa shape index (κ2) is 5.41. The molecule has 2 heterocycles. The van der Waals surface area contributed by atoms with Crippen LogP contribution in [0.1, 0.15) is 31.2 Å². The normalized spacial score (nSPS) is 20.5. The molecule has 0 spiro atoms. The Kier molecular flexibility index (Phi) is 3.90. The molecule has 1 unspecified atom stereocenters. The fourth-order valence-electron chi connectivity index (χ4n) is 2.19. The molecule has 1 aliphatic rings. The highest BCUT2D eigenvalue weighted by Gasteiger charge is 2.19. The molecule has 0 aromatic carbocycles. The van der Waals surface area contributed by atoms with E-state index in [-0.39, 0.29) is 0 Å². The summed E-state index contributed by atoms with van der Waals surface area (Å²) in [5.41, 5.74) is 2.29. The number of rotatable bonds is 5. The lowest BCUT2D eigenvalue weighted by molar-refractivity contribution is 0.0927. The summed E-state index contributed by atoms with van der Waals surface area (Å²) >= 11 is 0. The van der Waals surface area contributed by atoms with Crippen LogP contribution >= 0.6 is 0 Å². The predicted octanol–water partition coefficient (Wildman–Crippen LogP) is 0.739. The van der Waals surface area contributed by atoms with E-state index in [0.717, 1.165) is 38.2 Å². The summed E-state index contributed by atoms with van der Waals surface area (Å²) in [6.45, 7) is 4.67. The SMILES string of the molecule is CCc1c(CNC)nnn1CC1CCCO1. The molecule has 0 saturated carbocycles. The van der Waals surface area contributed by atoms with E-state index in [0.29, 0.717) is 6.10 Å². The van der Waals surface area contributed by atoms with Crippen molar-refractivity contribution in [3.8, 4) is 0 Å². The van der Waals surface area contributed by atoms with E-state index in [9.17, 15) is 0 Å². The largest absolute Gasteiger partial charge is 0.376 e. The topological polar surface area (TPSA) is 52.0 Å². The smallest absolute Gasteiger partial charge is 0.0996 e. The molecule has 5 nitrogen and oxygen atoms in total. The van der Waals surface area contributed by atoms with E-state index in [1.165, 1.54) is 12.1 Å². The first-order chi connectivity index (χ1) is 7.85. The molecule has 2 rings (SSSR count). The number of nitrogens with one attached hydrogen (secondary N) is 1. The first-order valence-corrected chi connectivity index (χ1v) is 6.02. The molecular weight excluding hydrogens is 204 g/mol. The number of ether oxygens (including phenoxy) is 1. The van der Waals surface area contributed by atoms with Crippen LogP contribution < -0.4 is 5.32 Å². The summed E-state index contributed by atoms with van der Waals surface area (Å²) in [5, 5.41) is 11.5. The van der Waals surface area contributed by atoms with Crippen LogP contribution in [0.15, 0.2) is 0 Å². The number of nitrogens with zero attached hydrogens (tertiary/aromatic N) is 3. The summed E-state index contributed by atoms with van der Waals surface area (Å²) in [6.07, 6.45) is 3.61. The van der Waals surface area contributed by atoms with Crippen LogP contribution in [0.3, 0.4) is 0 Å². The van der Waals surface area contributed by atoms with Gasteiger partial charge in [-0.15, -0.1) is 5.10 Å². The Morgan fingerprint density at radius 3 is 3.06 bits per heavy atom. The zero-order valence-electron chi connectivity index (χ0n) is 10.1. The van der Waals surface area contributed by atoms with Crippen molar-refractivity contribution in [3.63, 3.8) is 0 Å². The Labute approximate surface area is 96.2 Å². The minimum Gasteiger partial charge on any atom is -0.376 e. The van der Waals surface area contributed by atoms with Crippen molar-refractivity contribution in [3.05, 3.63) is 11.4 Å². The van der Waals surface area contributed by atoms with Crippen molar-refractivity contribution in [2.75, 3.05) is 13.7 Å². The van der Waals surface area contributed by atoms with Gasteiger partial charge < -0.3 is 10.1 Å². The molecular formula is C11H20N4O. The fraction of sp³-hybridized carbons (Fsp3) is 0.818. The van der Waals surface area contributed by atoms with E-state index in [4.69, 9.17) is 4.74 Å². The minimum atomic E-state index is 0.328. The van der Waals surface area contributed by atoms with Gasteiger partial charge in [-0.2, -0.15) is 0 Å². The Balaban J connectivity index is 2.07. The van der Waals surface area contributed by atoms with Crippen molar-refractivity contribution in [1.82, 2.24) is 20.3 Å². The second-order valence-electron chi connectivity index (χ2n) is 4.18. The van der Waals surface area contributed by atoms with Gasteiger partial charge in [-0.25, -0.2) is 4.68 Å². The summed E-state index contributed by atoms with van der Waals surface area (Å²) in [6, 6.07) is 0. The molecule has 5 heteroatoms. The lowest BCUT2D eigenvalue weighted by Crippen LogP contribution is -2.18. The van der Waals surface area contributed by atoms with Crippen LogP contribution in [0, 0.1) is 0 Å². The van der Waals surface area contributed by atoms with Gasteiger partial charge in [0.2, 0.25) is 0 Å². The molecule has 1 aromatic rings. The zero-order chi connectivity index (χ0) is 11.4. The molecule has 0 bridgehead atoms. The van der Waals surface area contributed by atoms with Gasteiger partial charge in [-0.05, 0) is 26.3 Å². The van der Waals surface area contributed by atoms with Crippen molar-refractivity contribution in [2.24, 2.45) is 0 Å². The fourth-order valence-corrected chi connectivity index (χ4v) is 2.19. The van der Waals surface area contributed by atoms with Gasteiger partial charge in [-0.3, -0.25) is 0 Å². The molecule has 1 saturated heterocycles. The van der Waals surface area contributed by atoms with Gasteiger partial charge in [-0.1, -0.05) is 12.1 Å². The van der Waals surface area contributed by atoms with Crippen LogP contribution in [-0.4, -0.2) is 34.8 Å². The molecule has 1 aromatic heterocycles. The van der Waals surface area contributed by atoms with Gasteiger partial charge >= 0.3 is 0 Å². The zero-order valence-corrected chi connectivity index (χ0v) is 10.1. The second-order valence-corrected chi connectivity index (χ2v) is 4.18. The summed E-state index contributed by atoms with van der Waals surface area (Å²) < 4.78 is 7.62. The van der Waals surface area contributed by atoms with E-state index in [1.807, 2.05) is 11.7 Å². The van der Waals surface area contributed by atoms with E-state index in [2.05, 4.69) is 22.6 Å². The van der Waals surface area contributed by atoms with E-state index < -0.39 is 0 Å². The molecule has 90 valence electrons. The quantitative estimate of drug-likeness (QED) is 0.801. The van der Waals surface area contributed by atoms with Crippen molar-refractivity contribution >= 4 is 0 Å². The van der Waals surface area contributed by atoms with Gasteiger partial charge in [0.25, 0.3) is 0 Å². The molecule has 0 radical (unpaired) electrons. The van der Waals surface area contributed by atoms with Crippen LogP contribution in [0.4, 0.5) is 0 Å². The maximum atomic E-state index is 5.62. The Morgan fingerprint density at radius 1 is 1.56 bits per heavy atom. The van der Waals surface area contributed by atoms with Gasteiger partial charge in [0.05, 0.1) is 24.0 Å². The van der Waals surface area contributed by atoms with Crippen LogP contribution in [0.5, 0.6) is 0 Å². The molecule has 0 aliphatic carbocycles. The summed E-state index contributed by atoms with van der Waals surface area (Å²) in [4.78, 5) is 0. The third-order valence-corrected chi connectivity index (χ3v) is 3.00. The average molecular weight is 224 g/mol. The standard InChI is InChI=1S/C11H20N4O/c1-3-11-10(7-12-2)13-14-15(11)8-9-5-4-6-16-9/h9,12H,3-8H2,1-2H3. The third kappa shape index (κ3) is 2.41. The maximum Gasteiger partial charge on any atom is 0.0996 e. The first-order valence-electron chi connectivity index (χ1n) is 6.02. The predicted molar refractivity (Wildman–Crippen MR) is 61.1 cm³/mol.